The van der Waals surface area contributed by atoms with Crippen molar-refractivity contribution in [3.05, 3.63) is 53.6 Å². The fourth-order valence-corrected chi connectivity index (χ4v) is 6.49. The van der Waals surface area contributed by atoms with Crippen molar-refractivity contribution >= 4 is 35.1 Å². The highest BCUT2D eigenvalue weighted by Crippen LogP contribution is 2.58. The molecule has 0 saturated carbocycles. The van der Waals surface area contributed by atoms with Crippen molar-refractivity contribution in [1.82, 2.24) is 4.90 Å². The normalized spacial score (nSPS) is 34.1. The summed E-state index contributed by atoms with van der Waals surface area (Å²) in [4.78, 5) is 45.2. The second-order valence-corrected chi connectivity index (χ2v) is 10.6. The van der Waals surface area contributed by atoms with Crippen molar-refractivity contribution in [2.24, 2.45) is 11.8 Å². The molecule has 1 unspecified atom stereocenters. The van der Waals surface area contributed by atoms with Gasteiger partial charge >= 0.3 is 5.97 Å². The summed E-state index contributed by atoms with van der Waals surface area (Å²) in [6.45, 7) is 2.76. The van der Waals surface area contributed by atoms with E-state index in [-0.39, 0.29) is 38.1 Å². The van der Waals surface area contributed by atoms with Crippen molar-refractivity contribution in [2.45, 2.75) is 56.3 Å². The Morgan fingerprint density at radius 3 is 2.57 bits per heavy atom. The van der Waals surface area contributed by atoms with E-state index in [1.54, 1.807) is 34.1 Å². The van der Waals surface area contributed by atoms with Gasteiger partial charge in [0.05, 0.1) is 12.5 Å². The Bertz CT molecular complexity index is 1120. The van der Waals surface area contributed by atoms with Gasteiger partial charge in [0.2, 0.25) is 5.91 Å². The molecule has 198 valence electrons. The average molecular weight is 529 g/mol. The average Bonchev–Trinajstić information content (AvgIpc) is 3.26. The smallest absolute Gasteiger partial charge is 0.313 e. The molecule has 37 heavy (non-hydrogen) atoms. The van der Waals surface area contributed by atoms with E-state index in [0.29, 0.717) is 36.4 Å². The van der Waals surface area contributed by atoms with Crippen LogP contribution in [0.15, 0.2) is 48.6 Å². The van der Waals surface area contributed by atoms with Crippen molar-refractivity contribution < 1.29 is 29.0 Å². The number of hydrogen-bond donors (Lipinski definition) is 1. The highest BCUT2D eigenvalue weighted by molar-refractivity contribution is 6.30. The largest absolute Gasteiger partial charge is 0.465 e. The number of cyclic esters (lactones) is 1. The molecule has 1 aromatic carbocycles. The van der Waals surface area contributed by atoms with E-state index >= 15 is 0 Å². The van der Waals surface area contributed by atoms with E-state index in [0.717, 1.165) is 6.42 Å². The Labute approximate surface area is 221 Å². The Hall–Kier alpha value is -2.68. The van der Waals surface area contributed by atoms with E-state index in [2.05, 4.69) is 0 Å². The Balaban J connectivity index is 1.63. The van der Waals surface area contributed by atoms with Crippen LogP contribution in [0, 0.1) is 11.8 Å². The van der Waals surface area contributed by atoms with Crippen LogP contribution in [0.4, 0.5) is 5.69 Å². The number of aliphatic hydroxyl groups excluding tert-OH is 1. The number of benzene rings is 1. The number of esters is 1. The molecule has 4 aliphatic rings. The van der Waals surface area contributed by atoms with Gasteiger partial charge in [0.1, 0.15) is 23.2 Å². The molecule has 2 fully saturated rings. The molecule has 2 amide bonds. The highest BCUT2D eigenvalue weighted by atomic mass is 35.5. The minimum Gasteiger partial charge on any atom is -0.465 e. The standard InChI is InChI=1S/C28H33ClN2O6/c1-2-27-13-4-3-7-18-36-26(35)22(27)21-24(33)31(15-5-6-17-32)23-25(34)30(16-8-14-28(21,23)37-27)20-11-9-19(29)10-12-20/h4,8-14,21-23,32H,2-3,5-7,15-18H2,1H3/b13-4-/t21-,22+,23?,27-,28-/m0/s1. The molecule has 9 heteroatoms. The first kappa shape index (κ1) is 25.9. The number of allylic oxidation sites excluding steroid dienone is 1. The van der Waals surface area contributed by atoms with Crippen molar-refractivity contribution in [2.75, 3.05) is 31.2 Å². The van der Waals surface area contributed by atoms with Crippen molar-refractivity contribution in [1.29, 1.82) is 0 Å². The lowest BCUT2D eigenvalue weighted by atomic mass is 9.73. The molecule has 4 heterocycles. The minimum atomic E-state index is -1.32. The summed E-state index contributed by atoms with van der Waals surface area (Å²) in [7, 11) is 0. The fraction of sp³-hybridized carbons (Fsp3) is 0.536. The Kier molecular flexibility index (Phi) is 7.18. The van der Waals surface area contributed by atoms with Crippen LogP contribution in [0.2, 0.25) is 5.02 Å². The summed E-state index contributed by atoms with van der Waals surface area (Å²) in [6, 6.07) is 6.03. The van der Waals surface area contributed by atoms with E-state index in [4.69, 9.17) is 21.1 Å². The lowest BCUT2D eigenvalue weighted by molar-refractivity contribution is -0.159. The van der Waals surface area contributed by atoms with Crippen LogP contribution < -0.4 is 4.90 Å². The Morgan fingerprint density at radius 1 is 1.05 bits per heavy atom. The summed E-state index contributed by atoms with van der Waals surface area (Å²) >= 11 is 6.09. The van der Waals surface area contributed by atoms with Crippen LogP contribution in [0.5, 0.6) is 0 Å². The lowest BCUT2D eigenvalue weighted by Gasteiger charge is -2.38. The van der Waals surface area contributed by atoms with Gasteiger partial charge in [0.15, 0.2) is 0 Å². The van der Waals surface area contributed by atoms with Gasteiger partial charge in [-0.2, -0.15) is 0 Å². The molecular formula is C28H33ClN2O6. The van der Waals surface area contributed by atoms with E-state index in [9.17, 15) is 19.5 Å². The van der Waals surface area contributed by atoms with Gasteiger partial charge in [0.25, 0.3) is 5.91 Å². The third-order valence-electron chi connectivity index (χ3n) is 8.08. The van der Waals surface area contributed by atoms with Gasteiger partial charge in [-0.15, -0.1) is 0 Å². The number of amides is 2. The number of halogens is 1. The molecule has 1 aromatic rings. The number of aliphatic hydroxyl groups is 1. The molecule has 2 saturated heterocycles. The van der Waals surface area contributed by atoms with Gasteiger partial charge in [0, 0.05) is 30.4 Å². The van der Waals surface area contributed by atoms with E-state index in [1.807, 2.05) is 31.2 Å². The molecule has 0 radical (unpaired) electrons. The maximum Gasteiger partial charge on any atom is 0.313 e. The van der Waals surface area contributed by atoms with Crippen molar-refractivity contribution in [3.8, 4) is 0 Å². The summed E-state index contributed by atoms with van der Waals surface area (Å²) in [5, 5.41) is 9.91. The molecule has 8 nitrogen and oxygen atoms in total. The molecule has 1 N–H and O–H groups in total. The van der Waals surface area contributed by atoms with Crippen LogP contribution in [0.3, 0.4) is 0 Å². The second kappa shape index (κ2) is 10.2. The lowest BCUT2D eigenvalue weighted by Crippen LogP contribution is -2.56. The molecule has 0 aliphatic carbocycles. The molecule has 5 atom stereocenters. The highest BCUT2D eigenvalue weighted by Gasteiger charge is 2.75. The molecule has 4 aliphatic heterocycles. The summed E-state index contributed by atoms with van der Waals surface area (Å²) in [5.41, 5.74) is -1.72. The molecule has 5 rings (SSSR count). The summed E-state index contributed by atoms with van der Waals surface area (Å²) in [6.07, 6.45) is 10.5. The zero-order valence-corrected chi connectivity index (χ0v) is 21.7. The zero-order chi connectivity index (χ0) is 26.2. The second-order valence-electron chi connectivity index (χ2n) is 10.1. The van der Waals surface area contributed by atoms with E-state index < -0.39 is 35.0 Å². The first-order chi connectivity index (χ1) is 17.9. The topological polar surface area (TPSA) is 96.4 Å². The zero-order valence-electron chi connectivity index (χ0n) is 21.0. The predicted molar refractivity (Wildman–Crippen MR) is 138 cm³/mol. The number of carbonyl (C=O) groups excluding carboxylic acids is 3. The summed E-state index contributed by atoms with van der Waals surface area (Å²) in [5.74, 6) is -2.79. The maximum absolute atomic E-state index is 14.3. The Morgan fingerprint density at radius 2 is 1.84 bits per heavy atom. The third kappa shape index (κ3) is 4.19. The molecular weight excluding hydrogens is 496 g/mol. The monoisotopic (exact) mass is 528 g/mol. The number of rotatable bonds is 6. The fourth-order valence-electron chi connectivity index (χ4n) is 6.36. The van der Waals surface area contributed by atoms with Crippen LogP contribution in [0.1, 0.15) is 39.0 Å². The number of hydrogen-bond acceptors (Lipinski definition) is 6. The van der Waals surface area contributed by atoms with Gasteiger partial charge in [-0.25, -0.2) is 0 Å². The van der Waals surface area contributed by atoms with Gasteiger partial charge in [-0.3, -0.25) is 14.4 Å². The number of likely N-dealkylation sites (tertiary alicyclic amines) is 1. The maximum atomic E-state index is 14.3. The van der Waals surface area contributed by atoms with Gasteiger partial charge in [-0.1, -0.05) is 42.8 Å². The van der Waals surface area contributed by atoms with E-state index in [1.165, 1.54) is 0 Å². The third-order valence-corrected chi connectivity index (χ3v) is 8.33. The quantitative estimate of drug-likeness (QED) is 0.346. The SMILES string of the molecule is CC[C@]12/C=C\CCCOC(=O)[C@H]1[C@H]1C(=O)N(CCCCO)C3C(=O)N(c4ccc(Cl)cc4)CC=C[C@@]31O2. The molecule has 0 aromatic heterocycles. The first-order valence-corrected chi connectivity index (χ1v) is 13.5. The summed E-state index contributed by atoms with van der Waals surface area (Å²) < 4.78 is 12.5. The first-order valence-electron chi connectivity index (χ1n) is 13.1. The number of carbonyl (C=O) groups is 3. The number of ether oxygens (including phenoxy) is 2. The van der Waals surface area contributed by atoms with Gasteiger partial charge < -0.3 is 24.4 Å². The number of anilines is 1. The molecule has 1 spiro atoms. The predicted octanol–water partition coefficient (Wildman–Crippen LogP) is 3.27. The van der Waals surface area contributed by atoms with Crippen LogP contribution in [0.25, 0.3) is 0 Å². The minimum absolute atomic E-state index is 0.0127. The molecule has 0 bridgehead atoms. The number of fused-ring (bicyclic) bond motifs is 2. The number of nitrogens with zero attached hydrogens (tertiary/aromatic N) is 2. The van der Waals surface area contributed by atoms with Crippen LogP contribution in [-0.4, -0.2) is 71.3 Å². The van der Waals surface area contributed by atoms with Crippen molar-refractivity contribution in [3.63, 3.8) is 0 Å². The van der Waals surface area contributed by atoms with Gasteiger partial charge in [-0.05, 0) is 56.4 Å². The number of unbranched alkanes of at least 4 members (excludes halogenated alkanes) is 1. The van der Waals surface area contributed by atoms with Crippen LogP contribution in [-0.2, 0) is 23.9 Å². The van der Waals surface area contributed by atoms with Crippen LogP contribution >= 0.6 is 11.6 Å².